The van der Waals surface area contributed by atoms with Crippen molar-refractivity contribution < 1.29 is 0 Å². The number of rotatable bonds is 5. The zero-order valence-electron chi connectivity index (χ0n) is 11.0. The Balaban J connectivity index is 1.41. The van der Waals surface area contributed by atoms with Gasteiger partial charge in [-0.2, -0.15) is 11.8 Å². The summed E-state index contributed by atoms with van der Waals surface area (Å²) in [7, 11) is 0. The van der Waals surface area contributed by atoms with Gasteiger partial charge in [0.25, 0.3) is 0 Å². The summed E-state index contributed by atoms with van der Waals surface area (Å²) in [5.74, 6) is 0.960. The third kappa shape index (κ3) is 2.99. The van der Waals surface area contributed by atoms with E-state index in [-0.39, 0.29) is 0 Å². The Hall–Kier alpha value is 0.270. The predicted molar refractivity (Wildman–Crippen MR) is 75.6 cm³/mol. The molecule has 3 fully saturated rings. The van der Waals surface area contributed by atoms with Crippen molar-refractivity contribution in [1.29, 1.82) is 0 Å². The minimum atomic E-state index is 0.887. The first-order valence-electron chi connectivity index (χ1n) is 7.37. The van der Waals surface area contributed by atoms with E-state index in [4.69, 9.17) is 0 Å². The van der Waals surface area contributed by atoms with Gasteiger partial charge in [-0.05, 0) is 70.3 Å². The zero-order valence-corrected chi connectivity index (χ0v) is 11.8. The Morgan fingerprint density at radius 3 is 2.35 bits per heavy atom. The van der Waals surface area contributed by atoms with Crippen LogP contribution in [0.3, 0.4) is 0 Å². The number of nitrogens with zero attached hydrogens (tertiary/aromatic N) is 1. The normalized spacial score (nSPS) is 35.8. The molecule has 2 nitrogen and oxygen atoms in total. The van der Waals surface area contributed by atoms with Crippen LogP contribution in [0.4, 0.5) is 0 Å². The molecule has 98 valence electrons. The summed E-state index contributed by atoms with van der Waals surface area (Å²) >= 11 is 2.07. The zero-order chi connectivity index (χ0) is 11.7. The molecule has 0 aromatic heterocycles. The number of piperidine rings is 1. The van der Waals surface area contributed by atoms with Crippen LogP contribution in [0.2, 0.25) is 0 Å². The van der Waals surface area contributed by atoms with Crippen LogP contribution in [-0.4, -0.2) is 48.1 Å². The van der Waals surface area contributed by atoms with Gasteiger partial charge in [-0.1, -0.05) is 0 Å². The van der Waals surface area contributed by atoms with Gasteiger partial charge in [0, 0.05) is 17.3 Å². The number of nitrogens with one attached hydrogen (secondary N) is 1. The van der Waals surface area contributed by atoms with Gasteiger partial charge in [0.05, 0.1) is 0 Å². The second kappa shape index (κ2) is 5.50. The average Bonchev–Trinajstić information content (AvgIpc) is 3.13. The topological polar surface area (TPSA) is 15.3 Å². The van der Waals surface area contributed by atoms with Crippen molar-refractivity contribution in [2.45, 2.75) is 55.9 Å². The molecule has 2 atom stereocenters. The van der Waals surface area contributed by atoms with Gasteiger partial charge in [-0.15, -0.1) is 0 Å². The lowest BCUT2D eigenvalue weighted by Gasteiger charge is -2.47. The van der Waals surface area contributed by atoms with E-state index >= 15 is 0 Å². The third-order valence-electron chi connectivity index (χ3n) is 4.90. The standard InChI is InChI=1S/C14H26N2S/c1-17-13-6-8-16(9-7-13)14-5-2-11(14)10-15-12-3-4-12/h11-15H,2-10H2,1H3. The molecule has 2 saturated carbocycles. The quantitative estimate of drug-likeness (QED) is 0.811. The van der Waals surface area contributed by atoms with Crippen molar-refractivity contribution in [2.75, 3.05) is 25.9 Å². The molecule has 1 N–H and O–H groups in total. The maximum absolute atomic E-state index is 3.72. The van der Waals surface area contributed by atoms with E-state index in [2.05, 4.69) is 28.2 Å². The second-order valence-electron chi connectivity index (χ2n) is 6.06. The van der Waals surface area contributed by atoms with Crippen LogP contribution in [-0.2, 0) is 0 Å². The molecule has 1 saturated heterocycles. The Bertz CT molecular complexity index is 247. The van der Waals surface area contributed by atoms with E-state index in [9.17, 15) is 0 Å². The minimum absolute atomic E-state index is 0.887. The van der Waals surface area contributed by atoms with E-state index in [1.165, 1.54) is 58.2 Å². The molecule has 0 bridgehead atoms. The lowest BCUT2D eigenvalue weighted by Crippen LogP contribution is -2.53. The van der Waals surface area contributed by atoms with Crippen LogP contribution in [0.15, 0.2) is 0 Å². The highest BCUT2D eigenvalue weighted by Crippen LogP contribution is 2.35. The van der Waals surface area contributed by atoms with E-state index in [1.807, 2.05) is 0 Å². The summed E-state index contributed by atoms with van der Waals surface area (Å²) in [5.41, 5.74) is 0. The van der Waals surface area contributed by atoms with Crippen molar-refractivity contribution in [2.24, 2.45) is 5.92 Å². The van der Waals surface area contributed by atoms with Gasteiger partial charge in [0.2, 0.25) is 0 Å². The first kappa shape index (κ1) is 12.3. The van der Waals surface area contributed by atoms with Gasteiger partial charge >= 0.3 is 0 Å². The van der Waals surface area contributed by atoms with E-state index < -0.39 is 0 Å². The molecule has 0 aromatic rings. The summed E-state index contributed by atoms with van der Waals surface area (Å²) in [6, 6.07) is 1.81. The molecule has 1 heterocycles. The summed E-state index contributed by atoms with van der Waals surface area (Å²) in [6.07, 6.45) is 10.9. The van der Waals surface area contributed by atoms with Crippen LogP contribution in [0.25, 0.3) is 0 Å². The van der Waals surface area contributed by atoms with Gasteiger partial charge in [0.1, 0.15) is 0 Å². The van der Waals surface area contributed by atoms with Gasteiger partial charge in [-0.3, -0.25) is 4.90 Å². The summed E-state index contributed by atoms with van der Waals surface area (Å²) in [5, 5.41) is 4.66. The molecule has 0 aromatic carbocycles. The van der Waals surface area contributed by atoms with Gasteiger partial charge in [-0.25, -0.2) is 0 Å². The second-order valence-corrected chi connectivity index (χ2v) is 7.20. The number of likely N-dealkylation sites (tertiary alicyclic amines) is 1. The molecule has 17 heavy (non-hydrogen) atoms. The fraction of sp³-hybridized carbons (Fsp3) is 1.00. The fourth-order valence-corrected chi connectivity index (χ4v) is 4.00. The lowest BCUT2D eigenvalue weighted by molar-refractivity contribution is 0.0481. The van der Waals surface area contributed by atoms with Crippen LogP contribution < -0.4 is 5.32 Å². The highest BCUT2D eigenvalue weighted by molar-refractivity contribution is 7.99. The molecule has 0 radical (unpaired) electrons. The molecule has 3 rings (SSSR count). The molecule has 3 heteroatoms. The number of hydrogen-bond acceptors (Lipinski definition) is 3. The first-order chi connectivity index (χ1) is 8.36. The highest BCUT2D eigenvalue weighted by Gasteiger charge is 2.37. The largest absolute Gasteiger partial charge is 0.314 e. The van der Waals surface area contributed by atoms with E-state index in [1.54, 1.807) is 0 Å². The minimum Gasteiger partial charge on any atom is -0.314 e. The monoisotopic (exact) mass is 254 g/mol. The fourth-order valence-electron chi connectivity index (χ4n) is 3.32. The van der Waals surface area contributed by atoms with Crippen molar-refractivity contribution >= 4 is 11.8 Å². The molecular formula is C14H26N2S. The predicted octanol–water partition coefficient (Wildman–Crippen LogP) is 2.34. The number of hydrogen-bond donors (Lipinski definition) is 1. The maximum Gasteiger partial charge on any atom is 0.0136 e. The molecule has 0 spiro atoms. The molecule has 1 aliphatic heterocycles. The van der Waals surface area contributed by atoms with Crippen LogP contribution in [0.5, 0.6) is 0 Å². The Morgan fingerprint density at radius 1 is 1.06 bits per heavy atom. The van der Waals surface area contributed by atoms with Gasteiger partial charge in [0.15, 0.2) is 0 Å². The Labute approximate surface area is 110 Å². The Morgan fingerprint density at radius 2 is 1.82 bits per heavy atom. The van der Waals surface area contributed by atoms with Crippen molar-refractivity contribution in [3.05, 3.63) is 0 Å². The lowest BCUT2D eigenvalue weighted by atomic mass is 9.77. The molecular weight excluding hydrogens is 228 g/mol. The SMILES string of the molecule is CSC1CCN(C2CCC2CNC2CC2)CC1. The van der Waals surface area contributed by atoms with Crippen LogP contribution in [0, 0.1) is 5.92 Å². The molecule has 0 amide bonds. The van der Waals surface area contributed by atoms with Crippen LogP contribution in [0.1, 0.15) is 38.5 Å². The summed E-state index contributed by atoms with van der Waals surface area (Å²) < 4.78 is 0. The Kier molecular flexibility index (Phi) is 3.98. The van der Waals surface area contributed by atoms with Crippen LogP contribution >= 0.6 is 11.8 Å². The average molecular weight is 254 g/mol. The highest BCUT2D eigenvalue weighted by atomic mass is 32.2. The molecule has 2 aliphatic carbocycles. The van der Waals surface area contributed by atoms with E-state index in [0.717, 1.165) is 23.3 Å². The first-order valence-corrected chi connectivity index (χ1v) is 8.66. The van der Waals surface area contributed by atoms with Gasteiger partial charge < -0.3 is 5.32 Å². The maximum atomic E-state index is 3.72. The molecule has 2 unspecified atom stereocenters. The van der Waals surface area contributed by atoms with Crippen molar-refractivity contribution in [3.63, 3.8) is 0 Å². The van der Waals surface area contributed by atoms with Crippen molar-refractivity contribution in [1.82, 2.24) is 10.2 Å². The number of thioether (sulfide) groups is 1. The third-order valence-corrected chi connectivity index (χ3v) is 6.04. The summed E-state index contributed by atoms with van der Waals surface area (Å²) in [4.78, 5) is 2.79. The molecule has 3 aliphatic rings. The smallest absolute Gasteiger partial charge is 0.0136 e. The van der Waals surface area contributed by atoms with E-state index in [0.29, 0.717) is 0 Å². The van der Waals surface area contributed by atoms with Crippen molar-refractivity contribution in [3.8, 4) is 0 Å². The summed E-state index contributed by atoms with van der Waals surface area (Å²) in [6.45, 7) is 4.00.